The number of hydrogen-bond donors (Lipinski definition) is 3. The zero-order valence-electron chi connectivity index (χ0n) is 17.2. The number of halogens is 3. The molecular weight excluding hydrogens is 483 g/mol. The monoisotopic (exact) mass is 501 g/mol. The number of hydrogen-bond acceptors (Lipinski definition) is 8. The van der Waals surface area contributed by atoms with Crippen LogP contribution in [0.5, 0.6) is 0 Å². The predicted octanol–water partition coefficient (Wildman–Crippen LogP) is 2.43. The Balaban J connectivity index is 2.43. The van der Waals surface area contributed by atoms with Gasteiger partial charge in [-0.1, -0.05) is 30.3 Å². The van der Waals surface area contributed by atoms with Gasteiger partial charge in [0.25, 0.3) is 0 Å². The van der Waals surface area contributed by atoms with Crippen molar-refractivity contribution in [2.45, 2.75) is 16.0 Å². The number of aromatic nitrogens is 2. The molecule has 0 aliphatic carbocycles. The van der Waals surface area contributed by atoms with Gasteiger partial charge in [-0.25, -0.2) is 37.4 Å². The minimum Gasteiger partial charge on any atom is -0.308 e. The first-order valence-corrected chi connectivity index (χ1v) is 12.5. The molecule has 3 aromatic rings. The molecule has 0 aliphatic heterocycles. The van der Waals surface area contributed by atoms with Crippen LogP contribution in [0.25, 0.3) is 22.4 Å². The van der Waals surface area contributed by atoms with E-state index < -0.39 is 37.7 Å². The van der Waals surface area contributed by atoms with E-state index in [1.807, 2.05) is 0 Å². The minimum atomic E-state index is -4.94. The van der Waals surface area contributed by atoms with E-state index in [4.69, 9.17) is 5.84 Å². The van der Waals surface area contributed by atoms with Gasteiger partial charge in [0.2, 0.25) is 15.8 Å². The zero-order valence-corrected chi connectivity index (χ0v) is 18.8. The highest BCUT2D eigenvalue weighted by Crippen LogP contribution is 2.41. The summed E-state index contributed by atoms with van der Waals surface area (Å²) in [6.45, 7) is 0. The van der Waals surface area contributed by atoms with Gasteiger partial charge >= 0.3 is 6.18 Å². The summed E-state index contributed by atoms with van der Waals surface area (Å²) in [5.74, 6) is 3.48. The second-order valence-corrected chi connectivity index (χ2v) is 10.6. The smallest absolute Gasteiger partial charge is 0.308 e. The van der Waals surface area contributed by atoms with Gasteiger partial charge < -0.3 is 5.43 Å². The van der Waals surface area contributed by atoms with E-state index in [9.17, 15) is 30.0 Å². The van der Waals surface area contributed by atoms with Crippen LogP contribution in [-0.4, -0.2) is 40.1 Å². The maximum atomic E-state index is 13.5. The van der Waals surface area contributed by atoms with E-state index in [0.29, 0.717) is 0 Å². The van der Waals surface area contributed by atoms with Crippen molar-refractivity contribution in [3.05, 3.63) is 54.4 Å². The third-order valence-electron chi connectivity index (χ3n) is 4.57. The first kappa shape index (κ1) is 24.6. The fraction of sp³-hybridized carbons (Fsp3) is 0.158. The topological polar surface area (TPSA) is 144 Å². The second-order valence-electron chi connectivity index (χ2n) is 6.76. The van der Waals surface area contributed by atoms with Gasteiger partial charge in [-0.2, -0.15) is 13.2 Å². The Morgan fingerprint density at radius 2 is 1.55 bits per heavy atom. The number of sulfone groups is 1. The second kappa shape index (κ2) is 8.70. The quantitative estimate of drug-likeness (QED) is 0.345. The van der Waals surface area contributed by atoms with Crippen LogP contribution < -0.4 is 16.0 Å². The van der Waals surface area contributed by atoms with Crippen LogP contribution >= 0.6 is 0 Å². The summed E-state index contributed by atoms with van der Waals surface area (Å²) in [6, 6.07) is 10.5. The summed E-state index contributed by atoms with van der Waals surface area (Å²) in [5.41, 5.74) is 1.73. The maximum absolute atomic E-state index is 13.5. The average Bonchev–Trinajstić information content (AvgIpc) is 2.77. The van der Waals surface area contributed by atoms with Crippen molar-refractivity contribution >= 4 is 25.7 Å². The van der Waals surface area contributed by atoms with Crippen molar-refractivity contribution in [2.75, 3.05) is 18.7 Å². The van der Waals surface area contributed by atoms with E-state index in [1.54, 1.807) is 0 Å². The molecule has 0 saturated carbocycles. The van der Waals surface area contributed by atoms with Crippen LogP contribution in [0.3, 0.4) is 0 Å². The minimum absolute atomic E-state index is 0.0179. The van der Waals surface area contributed by atoms with Gasteiger partial charge in [-0.05, 0) is 25.2 Å². The number of benzene rings is 2. The molecule has 0 amide bonds. The van der Waals surface area contributed by atoms with Crippen molar-refractivity contribution in [3.8, 4) is 22.4 Å². The molecular formula is C19H18F3N5O4S2. The van der Waals surface area contributed by atoms with Gasteiger partial charge in [-0.3, -0.25) is 0 Å². The fourth-order valence-electron chi connectivity index (χ4n) is 3.03. The Labute approximate surface area is 187 Å². The Hall–Kier alpha value is -3.07. The van der Waals surface area contributed by atoms with E-state index in [-0.39, 0.29) is 32.2 Å². The summed E-state index contributed by atoms with van der Waals surface area (Å²) >= 11 is 0. The average molecular weight is 502 g/mol. The van der Waals surface area contributed by atoms with E-state index in [2.05, 4.69) is 20.1 Å². The van der Waals surface area contributed by atoms with Gasteiger partial charge in [0.15, 0.2) is 15.7 Å². The highest BCUT2D eigenvalue weighted by Gasteiger charge is 2.37. The summed E-state index contributed by atoms with van der Waals surface area (Å²) in [4.78, 5) is 6.78. The van der Waals surface area contributed by atoms with Gasteiger partial charge in [0.05, 0.1) is 21.0 Å². The number of hydrazine groups is 1. The lowest BCUT2D eigenvalue weighted by atomic mass is 9.99. The number of rotatable bonds is 6. The van der Waals surface area contributed by atoms with Crippen molar-refractivity contribution < 1.29 is 30.0 Å². The normalized spacial score (nSPS) is 12.5. The molecule has 4 N–H and O–H groups in total. The first-order valence-electron chi connectivity index (χ1n) is 9.09. The molecule has 0 spiro atoms. The number of anilines is 1. The summed E-state index contributed by atoms with van der Waals surface area (Å²) in [7, 11) is -6.43. The molecule has 2 aromatic carbocycles. The van der Waals surface area contributed by atoms with Crippen LogP contribution in [-0.2, 0) is 26.0 Å². The van der Waals surface area contributed by atoms with E-state index in [1.165, 1.54) is 55.6 Å². The summed E-state index contributed by atoms with van der Waals surface area (Å²) in [5, 5.41) is 0. The molecule has 0 unspecified atom stereocenters. The highest BCUT2D eigenvalue weighted by molar-refractivity contribution is 7.90. The molecule has 1 heterocycles. The molecule has 0 radical (unpaired) electrons. The van der Waals surface area contributed by atoms with Crippen LogP contribution in [0.1, 0.15) is 5.82 Å². The summed E-state index contributed by atoms with van der Waals surface area (Å²) < 4.78 is 91.3. The van der Waals surface area contributed by atoms with E-state index in [0.717, 1.165) is 6.26 Å². The largest absolute Gasteiger partial charge is 0.451 e. The predicted molar refractivity (Wildman–Crippen MR) is 115 cm³/mol. The number of nitrogens with two attached hydrogens (primary N) is 1. The van der Waals surface area contributed by atoms with Crippen molar-refractivity contribution in [3.63, 3.8) is 0 Å². The molecule has 9 nitrogen and oxygen atoms in total. The molecule has 0 saturated heterocycles. The lowest BCUT2D eigenvalue weighted by molar-refractivity contribution is -0.144. The standard InChI is InChI=1S/C19H18F3N5O4S2/c1-24-33(30,31)14-6-4-3-5-13(14)15-16(11-7-9-12(10-8-11)32(2,28)29)25-18(19(20,21)22)26-17(15)27-23/h3-10,24H,23H2,1-2H3,(H,25,26,27). The van der Waals surface area contributed by atoms with Crippen molar-refractivity contribution in [1.82, 2.24) is 14.7 Å². The molecule has 0 aliphatic rings. The Morgan fingerprint density at radius 1 is 0.939 bits per heavy atom. The van der Waals surface area contributed by atoms with Crippen LogP contribution in [0.15, 0.2) is 58.3 Å². The third kappa shape index (κ3) is 4.98. The molecule has 1 aromatic heterocycles. The lowest BCUT2D eigenvalue weighted by Crippen LogP contribution is -2.21. The van der Waals surface area contributed by atoms with E-state index >= 15 is 0 Å². The Bertz CT molecular complexity index is 1410. The molecule has 0 fully saturated rings. The van der Waals surface area contributed by atoms with Gasteiger partial charge in [0, 0.05) is 17.4 Å². The molecule has 0 atom stereocenters. The molecule has 3 rings (SSSR count). The number of nitrogens with one attached hydrogen (secondary N) is 2. The molecule has 33 heavy (non-hydrogen) atoms. The Morgan fingerprint density at radius 3 is 2.06 bits per heavy atom. The molecule has 176 valence electrons. The number of alkyl halides is 3. The number of sulfonamides is 1. The van der Waals surface area contributed by atoms with Gasteiger partial charge in [-0.15, -0.1) is 0 Å². The number of nitrogen functional groups attached to an aromatic ring is 1. The third-order valence-corrected chi connectivity index (χ3v) is 7.17. The van der Waals surface area contributed by atoms with Crippen molar-refractivity contribution in [2.24, 2.45) is 5.84 Å². The highest BCUT2D eigenvalue weighted by atomic mass is 32.2. The van der Waals surface area contributed by atoms with Crippen LogP contribution in [0.4, 0.5) is 19.0 Å². The lowest BCUT2D eigenvalue weighted by Gasteiger charge is -2.18. The SMILES string of the molecule is CNS(=O)(=O)c1ccccc1-c1c(NN)nc(C(F)(F)F)nc1-c1ccc(S(C)(=O)=O)cc1. The molecule has 0 bridgehead atoms. The zero-order chi connectivity index (χ0) is 24.6. The van der Waals surface area contributed by atoms with Crippen molar-refractivity contribution in [1.29, 1.82) is 0 Å². The maximum Gasteiger partial charge on any atom is 0.451 e. The fourth-order valence-corrected chi connectivity index (χ4v) is 4.60. The molecule has 14 heteroatoms. The van der Waals surface area contributed by atoms with Crippen LogP contribution in [0.2, 0.25) is 0 Å². The number of nitrogens with zero attached hydrogens (tertiary/aromatic N) is 2. The summed E-state index contributed by atoms with van der Waals surface area (Å²) in [6.07, 6.45) is -3.96. The first-order chi connectivity index (χ1) is 15.3. The Kier molecular flexibility index (Phi) is 6.48. The van der Waals surface area contributed by atoms with Crippen LogP contribution in [0, 0.1) is 0 Å². The van der Waals surface area contributed by atoms with Gasteiger partial charge in [0.1, 0.15) is 0 Å².